The van der Waals surface area contributed by atoms with Crippen LogP contribution in [0.25, 0.3) is 0 Å². The van der Waals surface area contributed by atoms with E-state index >= 15 is 0 Å². The average Bonchev–Trinajstić information content (AvgIpc) is 2.29. The first-order valence-corrected chi connectivity index (χ1v) is 6.26. The fourth-order valence-electron chi connectivity index (χ4n) is 2.52. The number of anilines is 2. The Morgan fingerprint density at radius 1 is 1.41 bits per heavy atom. The molecule has 1 aromatic heterocycles. The van der Waals surface area contributed by atoms with Gasteiger partial charge in [0.1, 0.15) is 5.82 Å². The smallest absolute Gasteiger partial charge is 0.125 e. The second-order valence-corrected chi connectivity index (χ2v) is 5.13. The van der Waals surface area contributed by atoms with Crippen molar-refractivity contribution in [2.75, 3.05) is 44.4 Å². The Balaban J connectivity index is 1.91. The Bertz CT molecular complexity index is 356. The summed E-state index contributed by atoms with van der Waals surface area (Å²) in [6, 6.07) is 4.01. The van der Waals surface area contributed by atoms with Crippen LogP contribution >= 0.6 is 0 Å². The van der Waals surface area contributed by atoms with Crippen LogP contribution in [0.5, 0.6) is 0 Å². The van der Waals surface area contributed by atoms with Crippen LogP contribution in [-0.4, -0.2) is 43.6 Å². The molecule has 94 valence electrons. The molecule has 0 aromatic carbocycles. The highest BCUT2D eigenvalue weighted by atomic mass is 15.1. The summed E-state index contributed by atoms with van der Waals surface area (Å²) in [7, 11) is 4.30. The van der Waals surface area contributed by atoms with Crippen LogP contribution in [0.4, 0.5) is 11.5 Å². The normalized spacial score (nSPS) is 17.7. The molecule has 4 heteroatoms. The fraction of sp³-hybridized carbons (Fsp3) is 0.615. The molecule has 2 N–H and O–H groups in total. The van der Waals surface area contributed by atoms with E-state index in [9.17, 15) is 0 Å². The highest BCUT2D eigenvalue weighted by molar-refractivity contribution is 5.52. The molecule has 1 saturated heterocycles. The van der Waals surface area contributed by atoms with Crippen LogP contribution in [-0.2, 0) is 0 Å². The Hall–Kier alpha value is -1.29. The first kappa shape index (κ1) is 12.2. The maximum atomic E-state index is 5.71. The number of pyridine rings is 1. The van der Waals surface area contributed by atoms with Gasteiger partial charge in [0.15, 0.2) is 0 Å². The van der Waals surface area contributed by atoms with Crippen molar-refractivity contribution in [2.45, 2.75) is 12.8 Å². The summed E-state index contributed by atoms with van der Waals surface area (Å²) < 4.78 is 0. The summed E-state index contributed by atoms with van der Waals surface area (Å²) in [6.45, 7) is 3.45. The summed E-state index contributed by atoms with van der Waals surface area (Å²) in [5.41, 5.74) is 6.92. The molecule has 0 aliphatic carbocycles. The number of nitrogens with two attached hydrogens (primary N) is 1. The minimum atomic E-state index is 0.609. The van der Waals surface area contributed by atoms with Crippen molar-refractivity contribution < 1.29 is 0 Å². The van der Waals surface area contributed by atoms with E-state index in [4.69, 9.17) is 5.73 Å². The van der Waals surface area contributed by atoms with Gasteiger partial charge >= 0.3 is 0 Å². The minimum absolute atomic E-state index is 0.609. The van der Waals surface area contributed by atoms with E-state index < -0.39 is 0 Å². The Morgan fingerprint density at radius 2 is 2.12 bits per heavy atom. The molecule has 2 rings (SSSR count). The van der Waals surface area contributed by atoms with E-state index in [1.54, 1.807) is 6.20 Å². The SMILES string of the molecule is CN(C)CC1CCN(c2ccnc(N)c2)CC1. The Morgan fingerprint density at radius 3 is 2.71 bits per heavy atom. The first-order valence-electron chi connectivity index (χ1n) is 6.26. The van der Waals surface area contributed by atoms with Gasteiger partial charge in [0, 0.05) is 37.6 Å². The molecule has 0 amide bonds. The van der Waals surface area contributed by atoms with Gasteiger partial charge < -0.3 is 15.5 Å². The molecule has 0 atom stereocenters. The maximum absolute atomic E-state index is 5.71. The fourth-order valence-corrected chi connectivity index (χ4v) is 2.52. The lowest BCUT2D eigenvalue weighted by molar-refractivity contribution is 0.285. The van der Waals surface area contributed by atoms with E-state index in [1.165, 1.54) is 25.1 Å². The van der Waals surface area contributed by atoms with Crippen LogP contribution in [0.1, 0.15) is 12.8 Å². The molecule has 0 bridgehead atoms. The third-order valence-electron chi connectivity index (χ3n) is 3.37. The Labute approximate surface area is 103 Å². The molecule has 1 aliphatic heterocycles. The van der Waals surface area contributed by atoms with Crippen molar-refractivity contribution in [3.8, 4) is 0 Å². The van der Waals surface area contributed by atoms with Gasteiger partial charge in [-0.3, -0.25) is 0 Å². The highest BCUT2D eigenvalue weighted by Crippen LogP contribution is 2.24. The van der Waals surface area contributed by atoms with Gasteiger partial charge in [0.05, 0.1) is 0 Å². The number of nitrogen functional groups attached to an aromatic ring is 1. The number of hydrogen-bond donors (Lipinski definition) is 1. The molecule has 17 heavy (non-hydrogen) atoms. The molecule has 4 nitrogen and oxygen atoms in total. The third kappa shape index (κ3) is 3.33. The number of piperidine rings is 1. The van der Waals surface area contributed by atoms with E-state index in [2.05, 4.69) is 28.9 Å². The molecule has 2 heterocycles. The Kier molecular flexibility index (Phi) is 3.84. The van der Waals surface area contributed by atoms with Gasteiger partial charge in [0.2, 0.25) is 0 Å². The highest BCUT2D eigenvalue weighted by Gasteiger charge is 2.19. The minimum Gasteiger partial charge on any atom is -0.384 e. The number of rotatable bonds is 3. The molecular weight excluding hydrogens is 212 g/mol. The predicted molar refractivity (Wildman–Crippen MR) is 72.1 cm³/mol. The van der Waals surface area contributed by atoms with E-state index in [0.29, 0.717) is 5.82 Å². The van der Waals surface area contributed by atoms with Gasteiger partial charge in [-0.1, -0.05) is 0 Å². The summed E-state index contributed by atoms with van der Waals surface area (Å²) >= 11 is 0. The van der Waals surface area contributed by atoms with Crippen LogP contribution in [0.3, 0.4) is 0 Å². The van der Waals surface area contributed by atoms with Gasteiger partial charge in [-0.2, -0.15) is 0 Å². The van der Waals surface area contributed by atoms with Crippen molar-refractivity contribution in [3.05, 3.63) is 18.3 Å². The molecule has 1 aromatic rings. The molecule has 1 fully saturated rings. The van der Waals surface area contributed by atoms with Crippen LogP contribution in [0.15, 0.2) is 18.3 Å². The van der Waals surface area contributed by atoms with Crippen LogP contribution in [0.2, 0.25) is 0 Å². The van der Waals surface area contributed by atoms with Gasteiger partial charge in [-0.25, -0.2) is 4.98 Å². The first-order chi connectivity index (χ1) is 8.15. The van der Waals surface area contributed by atoms with E-state index in [1.807, 2.05) is 12.1 Å². The molecule has 0 spiro atoms. The molecule has 0 saturated carbocycles. The summed E-state index contributed by atoms with van der Waals surface area (Å²) in [5, 5.41) is 0. The summed E-state index contributed by atoms with van der Waals surface area (Å²) in [4.78, 5) is 8.72. The number of nitrogens with zero attached hydrogens (tertiary/aromatic N) is 3. The molecular formula is C13H22N4. The van der Waals surface area contributed by atoms with Crippen molar-refractivity contribution in [1.29, 1.82) is 0 Å². The van der Waals surface area contributed by atoms with Gasteiger partial charge in [-0.15, -0.1) is 0 Å². The van der Waals surface area contributed by atoms with E-state index in [0.717, 1.165) is 19.0 Å². The summed E-state index contributed by atoms with van der Waals surface area (Å²) in [6.07, 6.45) is 4.32. The monoisotopic (exact) mass is 234 g/mol. The maximum Gasteiger partial charge on any atom is 0.125 e. The van der Waals surface area contributed by atoms with Crippen LogP contribution in [0, 0.1) is 5.92 Å². The molecule has 0 radical (unpaired) electrons. The zero-order valence-corrected chi connectivity index (χ0v) is 10.8. The number of aromatic nitrogens is 1. The zero-order chi connectivity index (χ0) is 12.3. The standard InChI is InChI=1S/C13H22N4/c1-16(2)10-11-4-7-17(8-5-11)12-3-6-15-13(14)9-12/h3,6,9,11H,4-5,7-8,10H2,1-2H3,(H2,14,15). The van der Waals surface area contributed by atoms with Gasteiger partial charge in [0.25, 0.3) is 0 Å². The van der Waals surface area contributed by atoms with Crippen molar-refractivity contribution in [2.24, 2.45) is 5.92 Å². The quantitative estimate of drug-likeness (QED) is 0.859. The number of hydrogen-bond acceptors (Lipinski definition) is 4. The zero-order valence-electron chi connectivity index (χ0n) is 10.8. The van der Waals surface area contributed by atoms with Gasteiger partial charge in [-0.05, 0) is 38.9 Å². The summed E-state index contributed by atoms with van der Waals surface area (Å²) in [5.74, 6) is 1.44. The molecule has 1 aliphatic rings. The van der Waals surface area contributed by atoms with Crippen LogP contribution < -0.4 is 10.6 Å². The molecule has 0 unspecified atom stereocenters. The van der Waals surface area contributed by atoms with Crippen molar-refractivity contribution in [1.82, 2.24) is 9.88 Å². The lowest BCUT2D eigenvalue weighted by Gasteiger charge is -2.34. The van der Waals surface area contributed by atoms with Crippen molar-refractivity contribution >= 4 is 11.5 Å². The average molecular weight is 234 g/mol. The largest absolute Gasteiger partial charge is 0.384 e. The topological polar surface area (TPSA) is 45.4 Å². The second kappa shape index (κ2) is 5.36. The lowest BCUT2D eigenvalue weighted by Crippen LogP contribution is -2.37. The third-order valence-corrected chi connectivity index (χ3v) is 3.37. The predicted octanol–water partition coefficient (Wildman–Crippen LogP) is 1.44. The lowest BCUT2D eigenvalue weighted by atomic mass is 9.96. The second-order valence-electron chi connectivity index (χ2n) is 5.13. The van der Waals surface area contributed by atoms with Crippen molar-refractivity contribution in [3.63, 3.8) is 0 Å². The van der Waals surface area contributed by atoms with E-state index in [-0.39, 0.29) is 0 Å².